The minimum atomic E-state index is -0.320. The van der Waals surface area contributed by atoms with E-state index in [0.717, 1.165) is 69.8 Å². The van der Waals surface area contributed by atoms with Crippen LogP contribution in [-0.4, -0.2) is 61.0 Å². The van der Waals surface area contributed by atoms with Crippen molar-refractivity contribution >= 4 is 23.6 Å². The van der Waals surface area contributed by atoms with Crippen molar-refractivity contribution in [2.24, 2.45) is 33.2 Å². The summed E-state index contributed by atoms with van der Waals surface area (Å²) in [5.74, 6) is 2.45. The number of guanidine groups is 1. The Morgan fingerprint density at radius 2 is 2.03 bits per heavy atom. The van der Waals surface area contributed by atoms with Crippen LogP contribution in [-0.2, 0) is 0 Å². The third-order valence-electron chi connectivity index (χ3n) is 9.45. The molecule has 7 nitrogen and oxygen atoms in total. The van der Waals surface area contributed by atoms with Crippen LogP contribution in [0.4, 0.5) is 0 Å². The quantitative estimate of drug-likeness (QED) is 0.314. The van der Waals surface area contributed by atoms with E-state index in [1.807, 2.05) is 0 Å². The third-order valence-corrected chi connectivity index (χ3v) is 10.3. The van der Waals surface area contributed by atoms with E-state index in [1.54, 1.807) is 11.8 Å². The maximum atomic E-state index is 9.89. The van der Waals surface area contributed by atoms with E-state index < -0.39 is 0 Å². The Bertz CT molecular complexity index is 992. The molecule has 8 heteroatoms. The highest BCUT2D eigenvalue weighted by atomic mass is 32.2. The zero-order chi connectivity index (χ0) is 27.8. The summed E-state index contributed by atoms with van der Waals surface area (Å²) in [6, 6.07) is 3.41. The van der Waals surface area contributed by atoms with Gasteiger partial charge in [-0.05, 0) is 100 Å². The molecule has 2 fully saturated rings. The summed E-state index contributed by atoms with van der Waals surface area (Å²) >= 11 is 1.79. The molecule has 0 aromatic carbocycles. The highest BCUT2D eigenvalue weighted by Crippen LogP contribution is 2.46. The summed E-state index contributed by atoms with van der Waals surface area (Å²) in [5.41, 5.74) is 1.47. The Kier molecular flexibility index (Phi) is 11.0. The molecule has 39 heavy (non-hydrogen) atoms. The number of hydrogen-bond acceptors (Lipinski definition) is 7. The molecular weight excluding hydrogens is 504 g/mol. The Balaban J connectivity index is 1.38. The molecular formula is C31H50N6OS. The summed E-state index contributed by atoms with van der Waals surface area (Å²) in [4.78, 5) is 11.1. The van der Waals surface area contributed by atoms with Gasteiger partial charge >= 0.3 is 0 Å². The minimum Gasteiger partial charge on any atom is -0.393 e. The van der Waals surface area contributed by atoms with E-state index in [1.165, 1.54) is 29.7 Å². The van der Waals surface area contributed by atoms with E-state index >= 15 is 0 Å². The van der Waals surface area contributed by atoms with Crippen LogP contribution in [0.15, 0.2) is 32.6 Å². The fourth-order valence-corrected chi connectivity index (χ4v) is 7.80. The first kappa shape index (κ1) is 30.1. The van der Waals surface area contributed by atoms with Crippen molar-refractivity contribution in [1.82, 2.24) is 16.0 Å². The Morgan fingerprint density at radius 1 is 1.26 bits per heavy atom. The highest BCUT2D eigenvalue weighted by Gasteiger charge is 2.40. The van der Waals surface area contributed by atoms with E-state index in [2.05, 4.69) is 66.2 Å². The molecule has 0 saturated heterocycles. The van der Waals surface area contributed by atoms with Gasteiger partial charge in [-0.1, -0.05) is 26.0 Å². The predicted octanol–water partition coefficient (Wildman–Crippen LogP) is 5.15. The van der Waals surface area contributed by atoms with Crippen molar-refractivity contribution in [3.8, 4) is 6.07 Å². The first-order valence-electron chi connectivity index (χ1n) is 15.2. The van der Waals surface area contributed by atoms with E-state index in [9.17, 15) is 10.4 Å². The number of hydrogen-bond donors (Lipinski definition) is 4. The second kappa shape index (κ2) is 14.2. The first-order chi connectivity index (χ1) is 18.8. The molecule has 3 aliphatic carbocycles. The number of nitrogens with one attached hydrogen (secondary N) is 3. The van der Waals surface area contributed by atoms with Crippen molar-refractivity contribution < 1.29 is 5.11 Å². The van der Waals surface area contributed by atoms with Crippen LogP contribution in [0, 0.1) is 34.5 Å². The van der Waals surface area contributed by atoms with Crippen molar-refractivity contribution in [1.29, 1.82) is 5.26 Å². The number of allylic oxidation sites excluding steroid dienone is 2. The van der Waals surface area contributed by atoms with Gasteiger partial charge in [0.05, 0.1) is 18.7 Å². The zero-order valence-corrected chi connectivity index (χ0v) is 25.3. The van der Waals surface area contributed by atoms with E-state index in [0.29, 0.717) is 30.5 Å². The molecule has 2 saturated carbocycles. The number of rotatable bonds is 9. The number of aliphatic hydroxyl groups is 1. The van der Waals surface area contributed by atoms with Crippen LogP contribution in [0.25, 0.3) is 0 Å². The predicted molar refractivity (Wildman–Crippen MR) is 164 cm³/mol. The van der Waals surface area contributed by atoms with Crippen molar-refractivity contribution in [3.63, 3.8) is 0 Å². The van der Waals surface area contributed by atoms with Gasteiger partial charge in [-0.3, -0.25) is 9.98 Å². The van der Waals surface area contributed by atoms with Gasteiger partial charge in [0.2, 0.25) is 0 Å². The molecule has 0 amide bonds. The van der Waals surface area contributed by atoms with Gasteiger partial charge in [0.25, 0.3) is 0 Å². The summed E-state index contributed by atoms with van der Waals surface area (Å²) in [7, 11) is 0. The monoisotopic (exact) mass is 554 g/mol. The largest absolute Gasteiger partial charge is 0.393 e. The molecule has 0 radical (unpaired) electrons. The topological polar surface area (TPSA) is 105 Å². The van der Waals surface area contributed by atoms with Gasteiger partial charge in [-0.15, -0.1) is 11.8 Å². The number of amidine groups is 1. The van der Waals surface area contributed by atoms with E-state index in [-0.39, 0.29) is 17.4 Å². The lowest BCUT2D eigenvalue weighted by atomic mass is 9.63. The lowest BCUT2D eigenvalue weighted by Crippen LogP contribution is -2.49. The fourth-order valence-electron chi connectivity index (χ4n) is 7.10. The molecule has 0 aromatic heterocycles. The molecule has 4 rings (SSSR count). The zero-order valence-electron chi connectivity index (χ0n) is 24.5. The third kappa shape index (κ3) is 8.11. The Morgan fingerprint density at radius 3 is 2.74 bits per heavy atom. The molecule has 0 aromatic rings. The molecule has 4 aliphatic rings. The van der Waals surface area contributed by atoms with Crippen LogP contribution in [0.1, 0.15) is 85.0 Å². The Labute approximate surface area is 240 Å². The molecule has 2 unspecified atom stereocenters. The van der Waals surface area contributed by atoms with Crippen LogP contribution >= 0.6 is 11.8 Å². The van der Waals surface area contributed by atoms with Gasteiger partial charge in [-0.25, -0.2) is 0 Å². The molecule has 1 aliphatic heterocycles. The SMILES string of the molecule is CC[C@]1(CN=C2NC(NCC3=CCCC=C3SC)=NCC2C#N)CC(C)C[C@H]([C@@H](C)NC2CCC(O)CC2)C1. The molecule has 4 N–H and O–H groups in total. The average Bonchev–Trinajstić information content (AvgIpc) is 2.96. The fraction of sp³-hybridized carbons (Fsp3) is 0.774. The molecule has 0 bridgehead atoms. The second-order valence-electron chi connectivity index (χ2n) is 12.5. The number of nitrogens with zero attached hydrogens (tertiary/aromatic N) is 3. The van der Waals surface area contributed by atoms with Crippen molar-refractivity contribution in [2.75, 3.05) is 25.9 Å². The van der Waals surface area contributed by atoms with Gasteiger partial charge in [-0.2, -0.15) is 5.26 Å². The van der Waals surface area contributed by atoms with Crippen LogP contribution in [0.3, 0.4) is 0 Å². The summed E-state index contributed by atoms with van der Waals surface area (Å²) < 4.78 is 0. The molecule has 216 valence electrons. The molecule has 1 heterocycles. The van der Waals surface area contributed by atoms with Gasteiger partial charge in [0.15, 0.2) is 5.96 Å². The maximum absolute atomic E-state index is 9.89. The lowest BCUT2D eigenvalue weighted by molar-refractivity contribution is 0.0722. The average molecular weight is 555 g/mol. The summed E-state index contributed by atoms with van der Waals surface area (Å²) in [6.07, 6.45) is 17.5. The number of aliphatic imine (C=N–C) groups is 2. The second-order valence-corrected chi connectivity index (χ2v) is 13.3. The van der Waals surface area contributed by atoms with Gasteiger partial charge < -0.3 is 21.1 Å². The number of nitriles is 1. The lowest BCUT2D eigenvalue weighted by Gasteiger charge is -2.45. The normalized spacial score (nSPS) is 35.2. The first-order valence-corrected chi connectivity index (χ1v) is 16.4. The maximum Gasteiger partial charge on any atom is 0.197 e. The van der Waals surface area contributed by atoms with Gasteiger partial charge in [0, 0.05) is 30.1 Å². The summed E-state index contributed by atoms with van der Waals surface area (Å²) in [6.45, 7) is 9.01. The van der Waals surface area contributed by atoms with Crippen molar-refractivity contribution in [2.45, 2.75) is 103 Å². The summed E-state index contributed by atoms with van der Waals surface area (Å²) in [5, 5.41) is 30.5. The Hall–Kier alpha value is -1.82. The molecule has 5 atom stereocenters. The van der Waals surface area contributed by atoms with Crippen molar-refractivity contribution in [3.05, 3.63) is 22.6 Å². The van der Waals surface area contributed by atoms with Crippen LogP contribution in [0.2, 0.25) is 0 Å². The van der Waals surface area contributed by atoms with E-state index in [4.69, 9.17) is 4.99 Å². The highest BCUT2D eigenvalue weighted by molar-refractivity contribution is 8.02. The van der Waals surface area contributed by atoms with Gasteiger partial charge in [0.1, 0.15) is 11.8 Å². The standard InChI is InChI=1S/C31H50N6OS/c1-5-31(15-21(2)14-24(16-31)22(3)36-26-10-12-27(38)13-11-26)20-35-29-25(17-32)19-34-30(37-29)33-18-23-8-6-7-9-28(23)39-4/h8-9,21-22,24-27,36,38H,5-7,10-16,18-20H2,1-4H3,(H2,33,34,35,37)/t21?,22-,24+,25?,26?,27?,31+/m1/s1. The van der Waals surface area contributed by atoms with Crippen LogP contribution < -0.4 is 16.0 Å². The molecule has 0 spiro atoms. The number of thioether (sulfide) groups is 1. The smallest absolute Gasteiger partial charge is 0.197 e. The van der Waals surface area contributed by atoms with Crippen LogP contribution in [0.5, 0.6) is 0 Å². The number of aliphatic hydroxyl groups excluding tert-OH is 1. The minimum absolute atomic E-state index is 0.111.